The zero-order chi connectivity index (χ0) is 41.2. The van der Waals surface area contributed by atoms with Crippen LogP contribution in [0.5, 0.6) is 0 Å². The molecule has 1 fully saturated rings. The maximum Gasteiger partial charge on any atom is 0.0352 e. The van der Waals surface area contributed by atoms with Gasteiger partial charge in [0.1, 0.15) is 0 Å². The molecule has 0 unspecified atom stereocenters. The molecule has 7 aromatic rings. The van der Waals surface area contributed by atoms with Crippen LogP contribution in [0.2, 0.25) is 0 Å². The molecule has 0 atom stereocenters. The molecule has 0 spiro atoms. The first kappa shape index (κ1) is 36.4. The van der Waals surface area contributed by atoms with E-state index in [-0.39, 0.29) is 20.1 Å². The molecule has 2 nitrogen and oxygen atoms in total. The van der Waals surface area contributed by atoms with Crippen molar-refractivity contribution in [2.75, 3.05) is 0 Å². The molecule has 3 heteroatoms. The van der Waals surface area contributed by atoms with Crippen LogP contribution in [0.3, 0.4) is 0 Å². The number of aryl methyl sites for hydroxylation is 3. The second-order valence-electron chi connectivity index (χ2n) is 16.3. The number of benzene rings is 5. The molecule has 8 rings (SSSR count). The van der Waals surface area contributed by atoms with Crippen molar-refractivity contribution in [2.45, 2.75) is 84.9 Å². The number of rotatable bonds is 10. The SMILES string of the molecule is [2H]C1(c2ccc(-c3ccnc(-c4[c-]cc(-c5ccccc5-c5cc(C)cc(CCc6c[c-]c(-c7cc(C([2H])([2H])C(C)(C)C)ccn7)cc6)c5)cc4)c3)cc2)CCCCC1.[Ir]. The van der Waals surface area contributed by atoms with Crippen molar-refractivity contribution >= 4 is 0 Å². The second-order valence-corrected chi connectivity index (χ2v) is 16.3. The Labute approximate surface area is 358 Å². The summed E-state index contributed by atoms with van der Waals surface area (Å²) in [6.45, 7) is 7.94. The Morgan fingerprint density at radius 1 is 0.614 bits per heavy atom. The fraction of sp³-hybridized carbons (Fsp3) is 0.259. The van der Waals surface area contributed by atoms with E-state index in [9.17, 15) is 0 Å². The van der Waals surface area contributed by atoms with Gasteiger partial charge in [0.15, 0.2) is 0 Å². The van der Waals surface area contributed by atoms with E-state index in [1.54, 1.807) is 12.3 Å². The molecule has 1 radical (unpaired) electrons. The molecule has 2 aromatic heterocycles. The van der Waals surface area contributed by atoms with Crippen LogP contribution in [0.15, 0.2) is 140 Å². The van der Waals surface area contributed by atoms with Crippen molar-refractivity contribution in [1.82, 2.24) is 9.97 Å². The molecule has 0 bridgehead atoms. The van der Waals surface area contributed by atoms with Crippen molar-refractivity contribution in [1.29, 1.82) is 0 Å². The van der Waals surface area contributed by atoms with Crippen LogP contribution in [0, 0.1) is 24.5 Å². The molecular weight excluding hydrogens is 869 g/mol. The van der Waals surface area contributed by atoms with Crippen molar-refractivity contribution in [3.8, 4) is 55.9 Å². The fourth-order valence-corrected chi connectivity index (χ4v) is 7.97. The first-order valence-electron chi connectivity index (χ1n) is 21.6. The van der Waals surface area contributed by atoms with Gasteiger partial charge in [-0.05, 0) is 101 Å². The van der Waals surface area contributed by atoms with E-state index in [0.717, 1.165) is 88.9 Å². The van der Waals surface area contributed by atoms with E-state index in [1.807, 2.05) is 45.2 Å². The Balaban J connectivity index is 0.00000544. The summed E-state index contributed by atoms with van der Waals surface area (Å²) in [6.07, 6.45) is 9.28. The van der Waals surface area contributed by atoms with E-state index in [1.165, 1.54) is 34.2 Å². The Morgan fingerprint density at radius 2 is 1.26 bits per heavy atom. The number of pyridine rings is 2. The van der Waals surface area contributed by atoms with Gasteiger partial charge in [0.25, 0.3) is 0 Å². The minimum Gasteiger partial charge on any atom is -0.305 e. The normalized spacial score (nSPS) is 14.8. The maximum absolute atomic E-state index is 9.02. The Kier molecular flexibility index (Phi) is 11.6. The van der Waals surface area contributed by atoms with E-state index in [4.69, 9.17) is 9.10 Å². The van der Waals surface area contributed by atoms with Gasteiger partial charge in [0.2, 0.25) is 0 Å². The van der Waals surface area contributed by atoms with Gasteiger partial charge in [-0.1, -0.05) is 148 Å². The number of hydrogen-bond acceptors (Lipinski definition) is 2. The Hall–Kier alpha value is -4.95. The monoisotopic (exact) mass is 924 g/mol. The molecule has 0 N–H and O–H groups in total. The number of hydrogen-bond donors (Lipinski definition) is 0. The predicted octanol–water partition coefficient (Wildman–Crippen LogP) is 14.1. The Bertz CT molecular complexity index is 2550. The van der Waals surface area contributed by atoms with E-state index >= 15 is 0 Å². The Morgan fingerprint density at radius 3 is 1.95 bits per heavy atom. The number of aromatic nitrogens is 2. The fourth-order valence-electron chi connectivity index (χ4n) is 7.97. The third kappa shape index (κ3) is 10.1. The zero-order valence-corrected chi connectivity index (χ0v) is 35.9. The quantitative estimate of drug-likeness (QED) is 0.128. The number of nitrogens with zero attached hydrogens (tertiary/aromatic N) is 2. The summed E-state index contributed by atoms with van der Waals surface area (Å²) in [4.78, 5) is 9.27. The first-order chi connectivity index (χ1) is 28.4. The molecule has 289 valence electrons. The zero-order valence-electron chi connectivity index (χ0n) is 36.5. The van der Waals surface area contributed by atoms with Gasteiger partial charge in [0.05, 0.1) is 0 Å². The molecule has 0 amide bonds. The van der Waals surface area contributed by atoms with Crippen molar-refractivity contribution in [3.63, 3.8) is 0 Å². The van der Waals surface area contributed by atoms with Gasteiger partial charge in [-0.2, -0.15) is 0 Å². The minimum absolute atomic E-state index is 0. The van der Waals surface area contributed by atoms with Crippen LogP contribution >= 0.6 is 0 Å². The third-order valence-corrected chi connectivity index (χ3v) is 10.8. The van der Waals surface area contributed by atoms with Crippen LogP contribution in [0.1, 0.15) is 90.7 Å². The van der Waals surface area contributed by atoms with Gasteiger partial charge in [0, 0.05) is 36.6 Å². The van der Waals surface area contributed by atoms with E-state index < -0.39 is 17.7 Å². The summed E-state index contributed by atoms with van der Waals surface area (Å²) in [5, 5.41) is 0. The van der Waals surface area contributed by atoms with E-state index in [0.29, 0.717) is 5.56 Å². The molecule has 1 aliphatic carbocycles. The second kappa shape index (κ2) is 18.1. The minimum atomic E-state index is -1.48. The van der Waals surface area contributed by atoms with Gasteiger partial charge in [-0.25, -0.2) is 0 Å². The first-order valence-corrected chi connectivity index (χ1v) is 20.1. The van der Waals surface area contributed by atoms with Gasteiger partial charge in [-0.15, -0.1) is 65.2 Å². The summed E-state index contributed by atoms with van der Waals surface area (Å²) in [6, 6.07) is 51.5. The smallest absolute Gasteiger partial charge is 0.0352 e. The largest absolute Gasteiger partial charge is 0.305 e. The van der Waals surface area contributed by atoms with Crippen molar-refractivity contribution in [2.24, 2.45) is 5.41 Å². The summed E-state index contributed by atoms with van der Waals surface area (Å²) in [5.74, 6) is -0.451. The van der Waals surface area contributed by atoms with E-state index in [2.05, 4.69) is 127 Å². The van der Waals surface area contributed by atoms with Crippen molar-refractivity contribution in [3.05, 3.63) is 180 Å². The molecule has 0 saturated heterocycles. The molecule has 0 aliphatic heterocycles. The molecule has 1 saturated carbocycles. The summed E-state index contributed by atoms with van der Waals surface area (Å²) in [7, 11) is 0. The summed E-state index contributed by atoms with van der Waals surface area (Å²) >= 11 is 0. The maximum atomic E-state index is 9.02. The average molecular weight is 924 g/mol. The molecule has 5 aromatic carbocycles. The van der Waals surface area contributed by atoms with Crippen LogP contribution in [-0.2, 0) is 39.3 Å². The third-order valence-electron chi connectivity index (χ3n) is 10.8. The summed E-state index contributed by atoms with van der Waals surface area (Å²) in [5.41, 5.74) is 15.3. The molecule has 57 heavy (non-hydrogen) atoms. The molecule has 2 heterocycles. The van der Waals surface area contributed by atoms with Crippen LogP contribution < -0.4 is 0 Å². The average Bonchev–Trinajstić information content (AvgIpc) is 3.26. The van der Waals surface area contributed by atoms with Gasteiger partial charge in [-0.3, -0.25) is 0 Å². The standard InChI is InChI=1S/C54H52N2.Ir/c1-38-32-40(15-14-39-16-18-46(19-17-39)52-35-41(28-30-55-52)37-54(2,3)4)34-49(33-38)51-13-9-8-12-50(51)45-24-26-47(27-25-45)53-36-48(29-31-56-53)44-22-20-43(21-23-44)42-10-6-5-7-11-42;/h8-9,12-13,16-18,20-26,28-36,42H,5-7,10-11,14-15,37H2,1-4H3;/q-2;/i37D2,42D;. The van der Waals surface area contributed by atoms with Crippen LogP contribution in [-0.4, -0.2) is 9.97 Å². The predicted molar refractivity (Wildman–Crippen MR) is 234 cm³/mol. The van der Waals surface area contributed by atoms with Gasteiger partial charge < -0.3 is 9.97 Å². The van der Waals surface area contributed by atoms with Crippen LogP contribution in [0.25, 0.3) is 55.9 Å². The topological polar surface area (TPSA) is 25.8 Å². The van der Waals surface area contributed by atoms with Crippen molar-refractivity contribution < 1.29 is 24.2 Å². The molecular formula is C54H52IrN2-2. The molecule has 1 aliphatic rings. The van der Waals surface area contributed by atoms with Crippen LogP contribution in [0.4, 0.5) is 0 Å². The van der Waals surface area contributed by atoms with Gasteiger partial charge >= 0.3 is 0 Å². The summed E-state index contributed by atoms with van der Waals surface area (Å²) < 4.78 is 26.4.